The van der Waals surface area contributed by atoms with Crippen LogP contribution in [0.2, 0.25) is 0 Å². The number of ether oxygens (including phenoxy) is 1. The van der Waals surface area contributed by atoms with Gasteiger partial charge in [-0.1, -0.05) is 19.1 Å². The Morgan fingerprint density at radius 2 is 1.96 bits per heavy atom. The molecule has 1 amide bonds. The third-order valence-electron chi connectivity index (χ3n) is 5.76. The Labute approximate surface area is 157 Å². The van der Waals surface area contributed by atoms with E-state index < -0.39 is 7.12 Å². The third-order valence-corrected chi connectivity index (χ3v) is 5.76. The van der Waals surface area contributed by atoms with Crippen LogP contribution in [0.1, 0.15) is 47.5 Å². The summed E-state index contributed by atoms with van der Waals surface area (Å²) in [7, 11) is -0.429. The maximum Gasteiger partial charge on any atom is 0.494 e. The third kappa shape index (κ3) is 4.07. The molecular formula is C20H30BNO4. The lowest BCUT2D eigenvalue weighted by Crippen LogP contribution is -2.41. The second-order valence-corrected chi connectivity index (χ2v) is 8.54. The van der Waals surface area contributed by atoms with Crippen LogP contribution in [-0.2, 0) is 14.1 Å². The van der Waals surface area contributed by atoms with E-state index in [4.69, 9.17) is 14.0 Å². The minimum Gasteiger partial charge on any atom is -0.484 e. The van der Waals surface area contributed by atoms with E-state index in [0.717, 1.165) is 25.0 Å². The quantitative estimate of drug-likeness (QED) is 0.776. The molecule has 2 aliphatic heterocycles. The van der Waals surface area contributed by atoms with Crippen molar-refractivity contribution in [3.63, 3.8) is 0 Å². The highest BCUT2D eigenvalue weighted by atomic mass is 16.7. The average Bonchev–Trinajstić information content (AvgIpc) is 2.81. The van der Waals surface area contributed by atoms with Gasteiger partial charge in [-0.25, -0.2) is 0 Å². The summed E-state index contributed by atoms with van der Waals surface area (Å²) in [5.41, 5.74) is 0.144. The molecule has 0 bridgehead atoms. The number of carbonyl (C=O) groups is 1. The highest BCUT2D eigenvalue weighted by Crippen LogP contribution is 2.36. The van der Waals surface area contributed by atoms with Crippen LogP contribution in [-0.4, -0.2) is 48.8 Å². The van der Waals surface area contributed by atoms with Gasteiger partial charge in [0.15, 0.2) is 6.61 Å². The molecule has 1 aromatic carbocycles. The maximum absolute atomic E-state index is 12.4. The molecule has 1 unspecified atom stereocenters. The van der Waals surface area contributed by atoms with E-state index in [9.17, 15) is 4.79 Å². The summed E-state index contributed by atoms with van der Waals surface area (Å²) >= 11 is 0. The smallest absolute Gasteiger partial charge is 0.484 e. The fourth-order valence-corrected chi connectivity index (χ4v) is 3.38. The van der Waals surface area contributed by atoms with Gasteiger partial charge >= 0.3 is 7.12 Å². The molecule has 2 fully saturated rings. The molecule has 0 aromatic heterocycles. The largest absolute Gasteiger partial charge is 0.494 e. The summed E-state index contributed by atoms with van der Waals surface area (Å²) in [6.07, 6.45) is 2.27. The molecule has 0 N–H and O–H groups in total. The van der Waals surface area contributed by atoms with Gasteiger partial charge < -0.3 is 18.9 Å². The molecule has 2 aliphatic rings. The number of hydrogen-bond acceptors (Lipinski definition) is 4. The zero-order chi connectivity index (χ0) is 18.9. The second kappa shape index (κ2) is 7.24. The number of amides is 1. The van der Waals surface area contributed by atoms with E-state index in [0.29, 0.717) is 11.7 Å². The van der Waals surface area contributed by atoms with E-state index in [-0.39, 0.29) is 23.7 Å². The summed E-state index contributed by atoms with van der Waals surface area (Å²) in [6.45, 7) is 12.1. The Kier molecular flexibility index (Phi) is 5.36. The first-order valence-corrected chi connectivity index (χ1v) is 9.54. The van der Waals surface area contributed by atoms with Crippen molar-refractivity contribution in [1.29, 1.82) is 0 Å². The zero-order valence-corrected chi connectivity index (χ0v) is 16.6. The Morgan fingerprint density at radius 1 is 1.27 bits per heavy atom. The summed E-state index contributed by atoms with van der Waals surface area (Å²) < 4.78 is 17.9. The van der Waals surface area contributed by atoms with Gasteiger partial charge in [0.2, 0.25) is 0 Å². The van der Waals surface area contributed by atoms with Crippen LogP contribution < -0.4 is 10.2 Å². The van der Waals surface area contributed by atoms with E-state index >= 15 is 0 Å². The van der Waals surface area contributed by atoms with Crippen LogP contribution in [0.3, 0.4) is 0 Å². The van der Waals surface area contributed by atoms with Crippen LogP contribution in [0.25, 0.3) is 0 Å². The maximum atomic E-state index is 12.4. The molecule has 5 nitrogen and oxygen atoms in total. The highest BCUT2D eigenvalue weighted by Gasteiger charge is 2.51. The van der Waals surface area contributed by atoms with Gasteiger partial charge in [0.25, 0.3) is 5.91 Å². The van der Waals surface area contributed by atoms with Gasteiger partial charge in [-0.15, -0.1) is 0 Å². The summed E-state index contributed by atoms with van der Waals surface area (Å²) in [5.74, 6) is 1.28. The average molecular weight is 359 g/mol. The molecule has 0 spiro atoms. The summed E-state index contributed by atoms with van der Waals surface area (Å²) in [6, 6.07) is 7.63. The molecule has 0 radical (unpaired) electrons. The first-order chi connectivity index (χ1) is 12.2. The van der Waals surface area contributed by atoms with Crippen molar-refractivity contribution >= 4 is 18.5 Å². The normalized spacial score (nSPS) is 24.6. The molecule has 6 heteroatoms. The van der Waals surface area contributed by atoms with Crippen molar-refractivity contribution in [2.45, 2.75) is 58.7 Å². The Morgan fingerprint density at radius 3 is 2.62 bits per heavy atom. The molecule has 3 rings (SSSR count). The van der Waals surface area contributed by atoms with Crippen LogP contribution in [0.15, 0.2) is 24.3 Å². The molecule has 1 atom stereocenters. The van der Waals surface area contributed by atoms with Gasteiger partial charge in [0, 0.05) is 13.1 Å². The van der Waals surface area contributed by atoms with Crippen LogP contribution in [0, 0.1) is 5.92 Å². The van der Waals surface area contributed by atoms with Crippen molar-refractivity contribution in [1.82, 2.24) is 4.90 Å². The molecule has 2 heterocycles. The van der Waals surface area contributed by atoms with Crippen molar-refractivity contribution in [3.8, 4) is 5.75 Å². The topological polar surface area (TPSA) is 48.0 Å². The van der Waals surface area contributed by atoms with E-state index in [2.05, 4.69) is 6.92 Å². The summed E-state index contributed by atoms with van der Waals surface area (Å²) in [5, 5.41) is 0. The van der Waals surface area contributed by atoms with Crippen LogP contribution in [0.5, 0.6) is 5.75 Å². The molecular weight excluding hydrogens is 329 g/mol. The van der Waals surface area contributed by atoms with Crippen molar-refractivity contribution in [2.24, 2.45) is 5.92 Å². The second-order valence-electron chi connectivity index (χ2n) is 8.54. The minimum absolute atomic E-state index is 0.0533. The predicted octanol–water partition coefficient (Wildman–Crippen LogP) is 2.62. The Bertz CT molecular complexity index is 645. The van der Waals surface area contributed by atoms with Gasteiger partial charge in [0.1, 0.15) is 5.75 Å². The molecule has 142 valence electrons. The monoisotopic (exact) mass is 359 g/mol. The van der Waals surface area contributed by atoms with E-state index in [1.54, 1.807) is 0 Å². The number of benzene rings is 1. The van der Waals surface area contributed by atoms with Crippen molar-refractivity contribution < 1.29 is 18.8 Å². The van der Waals surface area contributed by atoms with Gasteiger partial charge in [0.05, 0.1) is 11.2 Å². The first-order valence-electron chi connectivity index (χ1n) is 9.54. The highest BCUT2D eigenvalue weighted by molar-refractivity contribution is 6.62. The minimum atomic E-state index is -0.429. The zero-order valence-electron chi connectivity index (χ0n) is 16.6. The summed E-state index contributed by atoms with van der Waals surface area (Å²) in [4.78, 5) is 14.3. The van der Waals surface area contributed by atoms with Crippen molar-refractivity contribution in [2.75, 3.05) is 19.7 Å². The number of carbonyl (C=O) groups excluding carboxylic acids is 1. The number of hydrogen-bond donors (Lipinski definition) is 0. The fraction of sp³-hybridized carbons (Fsp3) is 0.650. The number of nitrogens with zero attached hydrogens (tertiary/aromatic N) is 1. The Hall–Kier alpha value is -1.53. The predicted molar refractivity (Wildman–Crippen MR) is 103 cm³/mol. The fourth-order valence-electron chi connectivity index (χ4n) is 3.38. The first kappa shape index (κ1) is 19.2. The van der Waals surface area contributed by atoms with E-state index in [1.165, 1.54) is 6.42 Å². The lowest BCUT2D eigenvalue weighted by Gasteiger charge is -2.32. The SMILES string of the molecule is CC1CCCN(C(=O)COc2cccc(B3OC(C)(C)C(C)(C)O3)c2)C1. The van der Waals surface area contributed by atoms with Crippen LogP contribution >= 0.6 is 0 Å². The molecule has 26 heavy (non-hydrogen) atoms. The number of rotatable bonds is 4. The number of piperidine rings is 1. The lowest BCUT2D eigenvalue weighted by atomic mass is 9.79. The van der Waals surface area contributed by atoms with Gasteiger partial charge in [-0.2, -0.15) is 0 Å². The van der Waals surface area contributed by atoms with E-state index in [1.807, 2.05) is 56.9 Å². The number of likely N-dealkylation sites (tertiary alicyclic amines) is 1. The lowest BCUT2D eigenvalue weighted by molar-refractivity contribution is -0.135. The Balaban J connectivity index is 1.61. The van der Waals surface area contributed by atoms with Gasteiger partial charge in [-0.3, -0.25) is 4.79 Å². The molecule has 1 aromatic rings. The van der Waals surface area contributed by atoms with Crippen LogP contribution in [0.4, 0.5) is 0 Å². The van der Waals surface area contributed by atoms with Gasteiger partial charge in [-0.05, 0) is 64.1 Å². The molecule has 0 saturated carbocycles. The standard InChI is InChI=1S/C20H30BNO4/c1-15-8-7-11-22(13-15)18(23)14-24-17-10-6-9-16(12-17)21-25-19(2,3)20(4,5)26-21/h6,9-10,12,15H,7-8,11,13-14H2,1-5H3. The van der Waals surface area contributed by atoms with Crippen molar-refractivity contribution in [3.05, 3.63) is 24.3 Å². The molecule has 2 saturated heterocycles. The molecule has 0 aliphatic carbocycles.